The van der Waals surface area contributed by atoms with Gasteiger partial charge in [-0.2, -0.15) is 0 Å². The van der Waals surface area contributed by atoms with E-state index in [2.05, 4.69) is 24.9 Å². The second-order valence-corrected chi connectivity index (χ2v) is 11.0. The summed E-state index contributed by atoms with van der Waals surface area (Å²) in [6, 6.07) is 0. The molecule has 3 rings (SSSR count). The minimum Gasteiger partial charge on any atom is -0.385 e. The standard InChI is InChI=1S/C23H38N6O6S/c1-7-11-34-20(21-24-13-15(2)14-25-21)17(4)36(30,31)28-23-27-26-22(18-9-8-16(3)35-18)29(23)19(33-6)10-12-32-5/h13-14,16-20H,7-12H2,1-6H3,(H,27,28)/t16-,17-,18-,19?,20+/m0/s1. The highest BCUT2D eigenvalue weighted by Crippen LogP contribution is 2.35. The fourth-order valence-corrected chi connectivity index (χ4v) is 5.14. The van der Waals surface area contributed by atoms with Gasteiger partial charge in [0.25, 0.3) is 0 Å². The molecule has 13 heteroatoms. The van der Waals surface area contributed by atoms with Crippen LogP contribution < -0.4 is 4.72 Å². The van der Waals surface area contributed by atoms with Crippen LogP contribution in [-0.4, -0.2) is 71.9 Å². The van der Waals surface area contributed by atoms with Crippen LogP contribution >= 0.6 is 0 Å². The van der Waals surface area contributed by atoms with Gasteiger partial charge >= 0.3 is 0 Å². The number of aryl methyl sites for hydroxylation is 1. The number of ether oxygens (including phenoxy) is 4. The van der Waals surface area contributed by atoms with E-state index < -0.39 is 27.6 Å². The molecule has 0 saturated carbocycles. The zero-order chi connectivity index (χ0) is 26.3. The fourth-order valence-electron chi connectivity index (χ4n) is 4.04. The van der Waals surface area contributed by atoms with Crippen molar-refractivity contribution in [2.24, 2.45) is 0 Å². The predicted molar refractivity (Wildman–Crippen MR) is 133 cm³/mol. The first-order valence-corrected chi connectivity index (χ1v) is 13.8. The summed E-state index contributed by atoms with van der Waals surface area (Å²) in [5, 5.41) is 7.46. The summed E-state index contributed by atoms with van der Waals surface area (Å²) >= 11 is 0. The largest absolute Gasteiger partial charge is 0.385 e. The van der Waals surface area contributed by atoms with E-state index in [1.54, 1.807) is 38.1 Å². The third-order valence-electron chi connectivity index (χ3n) is 6.08. The van der Waals surface area contributed by atoms with Crippen molar-refractivity contribution in [1.82, 2.24) is 24.7 Å². The van der Waals surface area contributed by atoms with Gasteiger partial charge in [0.15, 0.2) is 11.6 Å². The van der Waals surface area contributed by atoms with Crippen molar-refractivity contribution in [3.05, 3.63) is 29.6 Å². The maximum atomic E-state index is 13.6. The molecule has 0 amide bonds. The van der Waals surface area contributed by atoms with Crippen LogP contribution in [0.5, 0.6) is 0 Å². The molecule has 202 valence electrons. The highest BCUT2D eigenvalue weighted by Gasteiger charge is 2.37. The van der Waals surface area contributed by atoms with Crippen molar-refractivity contribution in [3.63, 3.8) is 0 Å². The molecule has 1 N–H and O–H groups in total. The highest BCUT2D eigenvalue weighted by molar-refractivity contribution is 7.93. The van der Waals surface area contributed by atoms with Crippen LogP contribution in [0.25, 0.3) is 0 Å². The molecular weight excluding hydrogens is 488 g/mol. The first kappa shape index (κ1) is 28.4. The van der Waals surface area contributed by atoms with E-state index in [1.807, 2.05) is 20.8 Å². The van der Waals surface area contributed by atoms with Crippen molar-refractivity contribution in [2.75, 3.05) is 32.2 Å². The third-order valence-corrected chi connectivity index (χ3v) is 7.77. The van der Waals surface area contributed by atoms with E-state index in [4.69, 9.17) is 18.9 Å². The van der Waals surface area contributed by atoms with Crippen LogP contribution in [0.2, 0.25) is 0 Å². The minimum absolute atomic E-state index is 0.0435. The van der Waals surface area contributed by atoms with Crippen LogP contribution in [0.15, 0.2) is 12.4 Å². The maximum absolute atomic E-state index is 13.6. The monoisotopic (exact) mass is 526 g/mol. The number of rotatable bonds is 14. The molecule has 1 aliphatic heterocycles. The van der Waals surface area contributed by atoms with E-state index in [1.165, 1.54) is 0 Å². The van der Waals surface area contributed by atoms with Crippen LogP contribution in [0.3, 0.4) is 0 Å². The summed E-state index contributed by atoms with van der Waals surface area (Å²) in [4.78, 5) is 8.63. The number of anilines is 1. The molecule has 1 aliphatic rings. The van der Waals surface area contributed by atoms with Gasteiger partial charge in [-0.25, -0.2) is 18.4 Å². The Morgan fingerprint density at radius 1 is 1.19 bits per heavy atom. The van der Waals surface area contributed by atoms with E-state index in [-0.39, 0.29) is 18.2 Å². The first-order chi connectivity index (χ1) is 17.2. The first-order valence-electron chi connectivity index (χ1n) is 12.3. The summed E-state index contributed by atoms with van der Waals surface area (Å²) < 4.78 is 54.3. The van der Waals surface area contributed by atoms with Gasteiger partial charge in [0.1, 0.15) is 23.7 Å². The lowest BCUT2D eigenvalue weighted by Crippen LogP contribution is -2.34. The zero-order valence-corrected chi connectivity index (χ0v) is 22.7. The van der Waals surface area contributed by atoms with Crippen LogP contribution in [-0.2, 0) is 29.0 Å². The number of aromatic nitrogens is 5. The van der Waals surface area contributed by atoms with Gasteiger partial charge in [0.2, 0.25) is 16.0 Å². The molecule has 36 heavy (non-hydrogen) atoms. The van der Waals surface area contributed by atoms with Crippen LogP contribution in [0.1, 0.15) is 82.1 Å². The van der Waals surface area contributed by atoms with Gasteiger partial charge < -0.3 is 18.9 Å². The van der Waals surface area contributed by atoms with E-state index in [0.29, 0.717) is 31.3 Å². The number of nitrogens with one attached hydrogen (secondary N) is 1. The Labute approximate surface area is 213 Å². The second kappa shape index (κ2) is 12.9. The lowest BCUT2D eigenvalue weighted by Gasteiger charge is -2.25. The summed E-state index contributed by atoms with van der Waals surface area (Å²) in [6.45, 7) is 8.14. The van der Waals surface area contributed by atoms with Gasteiger partial charge in [-0.05, 0) is 45.6 Å². The molecule has 1 fully saturated rings. The third kappa shape index (κ3) is 6.76. The summed E-state index contributed by atoms with van der Waals surface area (Å²) in [5.41, 5.74) is 0.868. The minimum atomic E-state index is -4.01. The molecule has 0 aliphatic carbocycles. The van der Waals surface area contributed by atoms with Crippen molar-refractivity contribution in [1.29, 1.82) is 0 Å². The van der Waals surface area contributed by atoms with Crippen LogP contribution in [0.4, 0.5) is 5.95 Å². The molecule has 2 aromatic heterocycles. The van der Waals surface area contributed by atoms with Crippen LogP contribution in [0, 0.1) is 6.92 Å². The molecule has 1 saturated heterocycles. The van der Waals surface area contributed by atoms with E-state index >= 15 is 0 Å². The number of hydrogen-bond donors (Lipinski definition) is 1. The van der Waals surface area contributed by atoms with Gasteiger partial charge in [0.05, 0.1) is 12.7 Å². The number of nitrogens with zero attached hydrogens (tertiary/aromatic N) is 5. The number of sulfonamides is 1. The Morgan fingerprint density at radius 3 is 2.50 bits per heavy atom. The Morgan fingerprint density at radius 2 is 1.92 bits per heavy atom. The molecule has 0 bridgehead atoms. The average molecular weight is 527 g/mol. The quantitative estimate of drug-likeness (QED) is 0.390. The summed E-state index contributed by atoms with van der Waals surface area (Å²) in [6.07, 6.45) is 4.41. The van der Waals surface area contributed by atoms with E-state index in [0.717, 1.165) is 24.8 Å². The molecule has 0 spiro atoms. The smallest absolute Gasteiger partial charge is 0.240 e. The molecule has 0 radical (unpaired) electrons. The molecule has 0 aromatic carbocycles. The molecule has 5 atom stereocenters. The van der Waals surface area contributed by atoms with Gasteiger partial charge in [-0.1, -0.05) is 6.92 Å². The average Bonchev–Trinajstić information content (AvgIpc) is 3.46. The number of hydrogen-bond acceptors (Lipinski definition) is 10. The van der Waals surface area contributed by atoms with Gasteiger partial charge in [-0.3, -0.25) is 9.29 Å². The lowest BCUT2D eigenvalue weighted by atomic mass is 10.2. The summed E-state index contributed by atoms with van der Waals surface area (Å²) in [5.74, 6) is 0.854. The molecule has 3 heterocycles. The molecular formula is C23H38N6O6S. The Balaban J connectivity index is 1.94. The SMILES string of the molecule is CCCO[C@@H](c1ncc(C)cn1)[C@H](C)S(=O)(=O)Nc1nnc([C@@H]2CC[C@H](C)O2)n1C(CCOC)OC. The second-order valence-electron chi connectivity index (χ2n) is 9.00. The van der Waals surface area contributed by atoms with Gasteiger partial charge in [-0.15, -0.1) is 10.2 Å². The Hall–Kier alpha value is -2.19. The molecule has 12 nitrogen and oxygen atoms in total. The molecule has 2 aromatic rings. The van der Waals surface area contributed by atoms with E-state index in [9.17, 15) is 8.42 Å². The number of methoxy groups -OCH3 is 2. The Kier molecular flexibility index (Phi) is 10.1. The maximum Gasteiger partial charge on any atom is 0.240 e. The van der Waals surface area contributed by atoms with Crippen molar-refractivity contribution >= 4 is 16.0 Å². The topological polar surface area (TPSA) is 140 Å². The normalized spacial score (nSPS) is 20.8. The van der Waals surface area contributed by atoms with Gasteiger partial charge in [0, 0.05) is 39.6 Å². The van der Waals surface area contributed by atoms with Crippen molar-refractivity contribution in [3.8, 4) is 0 Å². The predicted octanol–water partition coefficient (Wildman–Crippen LogP) is 3.10. The Bertz CT molecular complexity index is 1060. The highest BCUT2D eigenvalue weighted by atomic mass is 32.2. The summed E-state index contributed by atoms with van der Waals surface area (Å²) in [7, 11) is -0.871. The zero-order valence-electron chi connectivity index (χ0n) is 21.9. The van der Waals surface area contributed by atoms with Crippen molar-refractivity contribution in [2.45, 2.75) is 83.2 Å². The molecule has 1 unspecified atom stereocenters. The van der Waals surface area contributed by atoms with Crippen molar-refractivity contribution < 1.29 is 27.4 Å². The lowest BCUT2D eigenvalue weighted by molar-refractivity contribution is 0.00193. The fraction of sp³-hybridized carbons (Fsp3) is 0.739.